The first-order valence-corrected chi connectivity index (χ1v) is 6.62. The minimum atomic E-state index is -1.95. The zero-order chi connectivity index (χ0) is 16.4. The lowest BCUT2D eigenvalue weighted by atomic mass is 10.0. The van der Waals surface area contributed by atoms with E-state index in [1.807, 2.05) is 0 Å². The van der Waals surface area contributed by atoms with Gasteiger partial charge in [-0.2, -0.15) is 0 Å². The molecule has 1 amide bonds. The smallest absolute Gasteiger partial charge is 0.251 e. The molecule has 0 aliphatic rings. The molecule has 6 N–H and O–H groups in total. The van der Waals surface area contributed by atoms with Crippen molar-refractivity contribution in [2.75, 3.05) is 13.2 Å². The van der Waals surface area contributed by atoms with E-state index in [1.165, 1.54) is 0 Å². The lowest BCUT2D eigenvalue weighted by Crippen LogP contribution is -2.51. The Bertz CT molecular complexity index is 324. The third-order valence-electron chi connectivity index (χ3n) is 2.88. The maximum atomic E-state index is 11.5. The van der Waals surface area contributed by atoms with Crippen LogP contribution in [-0.2, 0) is 9.59 Å². The summed E-state index contributed by atoms with van der Waals surface area (Å²) in [5.74, 6) is -2.08. The molecule has 0 aliphatic heterocycles. The molecule has 0 rings (SSSR count). The molecule has 0 saturated carbocycles. The van der Waals surface area contributed by atoms with E-state index in [0.29, 0.717) is 19.3 Å². The van der Waals surface area contributed by atoms with Crippen LogP contribution < -0.4 is 10.4 Å². The van der Waals surface area contributed by atoms with E-state index < -0.39 is 42.9 Å². The molecule has 0 heterocycles. The number of unbranched alkanes of at least 4 members (excludes halogenated alkanes) is 2. The Morgan fingerprint density at radius 2 is 1.62 bits per heavy atom. The fourth-order valence-corrected chi connectivity index (χ4v) is 1.56. The van der Waals surface area contributed by atoms with Crippen LogP contribution in [0.25, 0.3) is 0 Å². The molecule has 0 aromatic rings. The number of hydrogen-bond donors (Lipinski definition) is 6. The highest BCUT2D eigenvalue weighted by Crippen LogP contribution is 2.05. The summed E-state index contributed by atoms with van der Waals surface area (Å²) < 4.78 is 0. The predicted molar refractivity (Wildman–Crippen MR) is 67.6 cm³/mol. The molecule has 0 radical (unpaired) electrons. The Kier molecular flexibility index (Phi) is 9.84. The van der Waals surface area contributed by atoms with Crippen molar-refractivity contribution < 1.29 is 40.2 Å². The Morgan fingerprint density at radius 1 is 1.00 bits per heavy atom. The molecule has 0 unspecified atom stereocenters. The van der Waals surface area contributed by atoms with E-state index in [1.54, 1.807) is 0 Å². The second kappa shape index (κ2) is 10.5. The van der Waals surface area contributed by atoms with Gasteiger partial charge in [-0.05, 0) is 19.3 Å². The summed E-state index contributed by atoms with van der Waals surface area (Å²) in [6.07, 6.45) is -6.08. The van der Waals surface area contributed by atoms with Crippen LogP contribution in [0.15, 0.2) is 0 Å². The number of carbonyl (C=O) groups excluding carboxylic acids is 2. The molecule has 9 heteroatoms. The highest BCUT2D eigenvalue weighted by atomic mass is 16.4. The first-order valence-electron chi connectivity index (χ1n) is 6.62. The third kappa shape index (κ3) is 7.93. The lowest BCUT2D eigenvalue weighted by molar-refractivity contribution is -0.305. The standard InChI is InChI=1S/C12H23NO8/c14-6-7(15)9(18)10(19)11(20)12(21)13-5-3-1-2-4-8(16)17/h7,9-11,14-15,18-20H,1-6H2,(H,13,21)(H,16,17)/p-1/t7-,9-,10-,11-/m1/s1. The molecule has 0 fully saturated rings. The van der Waals surface area contributed by atoms with Crippen LogP contribution in [0, 0.1) is 0 Å². The zero-order valence-corrected chi connectivity index (χ0v) is 11.5. The molecular weight excluding hydrogens is 286 g/mol. The van der Waals surface area contributed by atoms with E-state index >= 15 is 0 Å². The number of aliphatic hydroxyl groups is 5. The molecule has 21 heavy (non-hydrogen) atoms. The molecule has 0 aliphatic carbocycles. The number of aliphatic hydroxyl groups excluding tert-OH is 5. The van der Waals surface area contributed by atoms with Gasteiger partial charge in [-0.1, -0.05) is 6.42 Å². The molecule has 0 bridgehead atoms. The van der Waals surface area contributed by atoms with E-state index in [0.717, 1.165) is 0 Å². The van der Waals surface area contributed by atoms with Crippen LogP contribution in [0.1, 0.15) is 25.7 Å². The van der Waals surface area contributed by atoms with Crippen LogP contribution in [0.4, 0.5) is 0 Å². The number of amides is 1. The number of hydrogen-bond acceptors (Lipinski definition) is 8. The Hall–Kier alpha value is -1.26. The molecule has 0 aromatic heterocycles. The second-order valence-electron chi connectivity index (χ2n) is 4.65. The first-order chi connectivity index (χ1) is 9.81. The first kappa shape index (κ1) is 19.7. The second-order valence-corrected chi connectivity index (χ2v) is 4.65. The van der Waals surface area contributed by atoms with Gasteiger partial charge in [0.05, 0.1) is 6.61 Å². The van der Waals surface area contributed by atoms with Crippen molar-refractivity contribution in [2.45, 2.75) is 50.1 Å². The Morgan fingerprint density at radius 3 is 2.14 bits per heavy atom. The van der Waals surface area contributed by atoms with Crippen molar-refractivity contribution in [1.29, 1.82) is 0 Å². The largest absolute Gasteiger partial charge is 0.550 e. The van der Waals surface area contributed by atoms with Crippen molar-refractivity contribution >= 4 is 11.9 Å². The average Bonchev–Trinajstić information content (AvgIpc) is 2.46. The van der Waals surface area contributed by atoms with Gasteiger partial charge in [-0.15, -0.1) is 0 Å². The molecule has 0 saturated heterocycles. The van der Waals surface area contributed by atoms with Crippen LogP contribution in [0.5, 0.6) is 0 Å². The summed E-state index contributed by atoms with van der Waals surface area (Å²) in [5.41, 5.74) is 0. The topological polar surface area (TPSA) is 170 Å². The third-order valence-corrected chi connectivity index (χ3v) is 2.88. The maximum absolute atomic E-state index is 11.5. The fraction of sp³-hybridized carbons (Fsp3) is 0.833. The zero-order valence-electron chi connectivity index (χ0n) is 11.5. The van der Waals surface area contributed by atoms with E-state index in [-0.39, 0.29) is 13.0 Å². The van der Waals surface area contributed by atoms with Gasteiger partial charge >= 0.3 is 0 Å². The van der Waals surface area contributed by atoms with Gasteiger partial charge in [0.1, 0.15) is 18.3 Å². The summed E-state index contributed by atoms with van der Waals surface area (Å²) in [7, 11) is 0. The van der Waals surface area contributed by atoms with Crippen LogP contribution in [-0.4, -0.2) is 75.0 Å². The summed E-state index contributed by atoms with van der Waals surface area (Å²) in [6.45, 7) is -0.667. The van der Waals surface area contributed by atoms with Crippen molar-refractivity contribution in [3.63, 3.8) is 0 Å². The van der Waals surface area contributed by atoms with Gasteiger partial charge in [-0.25, -0.2) is 0 Å². The minimum absolute atomic E-state index is 0.0689. The SMILES string of the molecule is O=C([O-])CCCCCNC(=O)[C@H](O)[C@H](O)[C@H](O)[C@H](O)CO. The monoisotopic (exact) mass is 308 g/mol. The summed E-state index contributed by atoms with van der Waals surface area (Å²) in [5, 5.41) is 58.4. The number of aliphatic carboxylic acids is 1. The number of carboxylic acids is 1. The van der Waals surface area contributed by atoms with Gasteiger partial charge in [0, 0.05) is 12.5 Å². The van der Waals surface area contributed by atoms with Gasteiger partial charge in [0.2, 0.25) is 0 Å². The molecule has 0 spiro atoms. The van der Waals surface area contributed by atoms with Gasteiger partial charge in [0.15, 0.2) is 6.10 Å². The van der Waals surface area contributed by atoms with Crippen molar-refractivity contribution in [2.24, 2.45) is 0 Å². The normalized spacial score (nSPS) is 16.8. The highest BCUT2D eigenvalue weighted by molar-refractivity contribution is 5.81. The maximum Gasteiger partial charge on any atom is 0.251 e. The van der Waals surface area contributed by atoms with Crippen molar-refractivity contribution in [3.8, 4) is 0 Å². The lowest BCUT2D eigenvalue weighted by Gasteiger charge is -2.24. The number of nitrogens with one attached hydrogen (secondary N) is 1. The number of carboxylic acid groups (broad SMARTS) is 1. The number of carbonyl (C=O) groups is 2. The van der Waals surface area contributed by atoms with Gasteiger partial charge < -0.3 is 40.8 Å². The van der Waals surface area contributed by atoms with Crippen LogP contribution in [0.2, 0.25) is 0 Å². The highest BCUT2D eigenvalue weighted by Gasteiger charge is 2.33. The van der Waals surface area contributed by atoms with E-state index in [2.05, 4.69) is 5.32 Å². The molecule has 4 atom stereocenters. The molecule has 9 nitrogen and oxygen atoms in total. The van der Waals surface area contributed by atoms with Crippen molar-refractivity contribution in [3.05, 3.63) is 0 Å². The summed E-state index contributed by atoms with van der Waals surface area (Å²) in [6, 6.07) is 0. The molecule has 124 valence electrons. The Balaban J connectivity index is 3.96. The summed E-state index contributed by atoms with van der Waals surface area (Å²) >= 11 is 0. The van der Waals surface area contributed by atoms with Crippen LogP contribution >= 0.6 is 0 Å². The van der Waals surface area contributed by atoms with Gasteiger partial charge in [-0.3, -0.25) is 4.79 Å². The average molecular weight is 308 g/mol. The Labute approximate surface area is 121 Å². The quantitative estimate of drug-likeness (QED) is 0.209. The summed E-state index contributed by atoms with van der Waals surface area (Å²) in [4.78, 5) is 21.6. The number of rotatable bonds is 11. The van der Waals surface area contributed by atoms with E-state index in [9.17, 15) is 30.0 Å². The van der Waals surface area contributed by atoms with Crippen LogP contribution in [0.3, 0.4) is 0 Å². The minimum Gasteiger partial charge on any atom is -0.550 e. The fourth-order valence-electron chi connectivity index (χ4n) is 1.56. The molecule has 0 aromatic carbocycles. The van der Waals surface area contributed by atoms with Crippen molar-refractivity contribution in [1.82, 2.24) is 5.32 Å². The van der Waals surface area contributed by atoms with Gasteiger partial charge in [0.25, 0.3) is 5.91 Å². The van der Waals surface area contributed by atoms with E-state index in [4.69, 9.17) is 10.2 Å². The molecular formula is C12H22NO8-. The predicted octanol–water partition coefficient (Wildman–Crippen LogP) is -4.15.